The lowest BCUT2D eigenvalue weighted by atomic mass is 9.75. The van der Waals surface area contributed by atoms with Crippen LogP contribution >= 0.6 is 0 Å². The maximum absolute atomic E-state index is 12.9. The fraction of sp³-hybridized carbons (Fsp3) is 0.867. The zero-order valence-corrected chi connectivity index (χ0v) is 12.9. The van der Waals surface area contributed by atoms with Crippen LogP contribution in [0, 0.1) is 5.41 Å². The molecule has 0 radical (unpaired) electrons. The molecule has 2 atom stereocenters. The van der Waals surface area contributed by atoms with Gasteiger partial charge in [0.2, 0.25) is 5.91 Å². The Morgan fingerprint density at radius 3 is 2.43 bits per heavy atom. The molecule has 0 aromatic carbocycles. The predicted molar refractivity (Wildman–Crippen MR) is 77.7 cm³/mol. The van der Waals surface area contributed by atoms with E-state index in [1.165, 1.54) is 0 Å². The molecule has 2 rings (SSSR count). The molecular formula is C15H26N2O4. The molecule has 0 aromatic rings. The Kier molecular flexibility index (Phi) is 4.58. The van der Waals surface area contributed by atoms with E-state index in [0.29, 0.717) is 13.2 Å². The molecule has 0 aromatic heterocycles. The van der Waals surface area contributed by atoms with Crippen molar-refractivity contribution in [3.63, 3.8) is 0 Å². The van der Waals surface area contributed by atoms with Gasteiger partial charge in [-0.05, 0) is 19.8 Å². The monoisotopic (exact) mass is 298 g/mol. The third-order valence-corrected chi connectivity index (χ3v) is 5.29. The number of hydrogen-bond donors (Lipinski definition) is 2. The maximum atomic E-state index is 12.9. The van der Waals surface area contributed by atoms with Crippen LogP contribution in [-0.2, 0) is 14.3 Å². The standard InChI is InChI=1S/C15H26N2O4/c1-14(10-21-9-11(14)16)13(20)17(2)15(8-12(18)19)6-4-3-5-7-15/h11H,3-10,16H2,1-2H3,(H,18,19). The minimum absolute atomic E-state index is 0.00140. The molecule has 1 aliphatic carbocycles. The zero-order chi connectivity index (χ0) is 15.7. The van der Waals surface area contributed by atoms with E-state index < -0.39 is 16.9 Å². The zero-order valence-electron chi connectivity index (χ0n) is 12.9. The molecule has 3 N–H and O–H groups in total. The first-order valence-corrected chi connectivity index (χ1v) is 7.65. The SMILES string of the molecule is CN(C(=O)C1(C)COCC1N)C1(CC(=O)O)CCCCC1. The average molecular weight is 298 g/mol. The van der Waals surface area contributed by atoms with Gasteiger partial charge in [0.15, 0.2) is 0 Å². The molecule has 120 valence electrons. The molecule has 1 saturated carbocycles. The van der Waals surface area contributed by atoms with E-state index in [1.807, 2.05) is 6.92 Å². The molecule has 0 bridgehead atoms. The van der Waals surface area contributed by atoms with E-state index in [0.717, 1.165) is 32.1 Å². The molecule has 1 amide bonds. The average Bonchev–Trinajstić information content (AvgIpc) is 2.78. The Morgan fingerprint density at radius 1 is 1.33 bits per heavy atom. The smallest absolute Gasteiger partial charge is 0.305 e. The first kappa shape index (κ1) is 16.2. The molecule has 1 aliphatic heterocycles. The van der Waals surface area contributed by atoms with Gasteiger partial charge in [-0.15, -0.1) is 0 Å². The normalized spacial score (nSPS) is 31.9. The Hall–Kier alpha value is -1.14. The highest BCUT2D eigenvalue weighted by atomic mass is 16.5. The van der Waals surface area contributed by atoms with Gasteiger partial charge in [0.05, 0.1) is 30.6 Å². The third-order valence-electron chi connectivity index (χ3n) is 5.29. The molecule has 6 nitrogen and oxygen atoms in total. The molecular weight excluding hydrogens is 272 g/mol. The summed E-state index contributed by atoms with van der Waals surface area (Å²) in [5, 5.41) is 9.26. The largest absolute Gasteiger partial charge is 0.481 e. The summed E-state index contributed by atoms with van der Waals surface area (Å²) in [5.41, 5.74) is 4.71. The number of nitrogens with two attached hydrogens (primary N) is 1. The summed E-state index contributed by atoms with van der Waals surface area (Å²) in [6, 6.07) is -0.335. The number of carbonyl (C=O) groups is 2. The Labute approximate surface area is 125 Å². The van der Waals surface area contributed by atoms with Crippen LogP contribution in [0.5, 0.6) is 0 Å². The van der Waals surface area contributed by atoms with E-state index in [-0.39, 0.29) is 18.4 Å². The van der Waals surface area contributed by atoms with Crippen LogP contribution in [0.25, 0.3) is 0 Å². The van der Waals surface area contributed by atoms with Gasteiger partial charge < -0.3 is 20.5 Å². The summed E-state index contributed by atoms with van der Waals surface area (Å²) >= 11 is 0. The van der Waals surface area contributed by atoms with Gasteiger partial charge >= 0.3 is 5.97 Å². The van der Waals surface area contributed by atoms with Crippen molar-refractivity contribution in [3.05, 3.63) is 0 Å². The lowest BCUT2D eigenvalue weighted by molar-refractivity contribution is -0.152. The Morgan fingerprint density at radius 2 is 1.95 bits per heavy atom. The highest BCUT2D eigenvalue weighted by Crippen LogP contribution is 2.39. The van der Waals surface area contributed by atoms with Crippen LogP contribution in [0.1, 0.15) is 45.4 Å². The second kappa shape index (κ2) is 5.93. The van der Waals surface area contributed by atoms with Gasteiger partial charge in [-0.1, -0.05) is 19.3 Å². The summed E-state index contributed by atoms with van der Waals surface area (Å²) in [6.07, 6.45) is 4.51. The Balaban J connectivity index is 2.23. The molecule has 0 spiro atoms. The Bertz CT molecular complexity index is 420. The van der Waals surface area contributed by atoms with Gasteiger partial charge in [-0.25, -0.2) is 0 Å². The fourth-order valence-electron chi connectivity index (χ4n) is 3.63. The van der Waals surface area contributed by atoms with Crippen LogP contribution in [-0.4, -0.2) is 53.7 Å². The van der Waals surface area contributed by atoms with Gasteiger partial charge in [0.1, 0.15) is 0 Å². The van der Waals surface area contributed by atoms with Crippen LogP contribution in [0.3, 0.4) is 0 Å². The lowest BCUT2D eigenvalue weighted by Crippen LogP contribution is -2.59. The molecule has 1 heterocycles. The summed E-state index contributed by atoms with van der Waals surface area (Å²) in [5.74, 6) is -0.940. The number of amides is 1. The lowest BCUT2D eigenvalue weighted by Gasteiger charge is -2.46. The molecule has 2 aliphatic rings. The minimum atomic E-state index is -0.853. The van der Waals surface area contributed by atoms with E-state index >= 15 is 0 Å². The fourth-order valence-corrected chi connectivity index (χ4v) is 3.63. The van der Waals surface area contributed by atoms with Gasteiger partial charge in [-0.3, -0.25) is 9.59 Å². The number of hydrogen-bond acceptors (Lipinski definition) is 4. The second-order valence-corrected chi connectivity index (χ2v) is 6.76. The predicted octanol–water partition coefficient (Wildman–Crippen LogP) is 0.986. The van der Waals surface area contributed by atoms with Crippen molar-refractivity contribution in [2.45, 2.75) is 57.0 Å². The van der Waals surface area contributed by atoms with E-state index in [4.69, 9.17) is 10.5 Å². The molecule has 2 fully saturated rings. The summed E-state index contributed by atoms with van der Waals surface area (Å²) in [4.78, 5) is 25.9. The first-order chi connectivity index (χ1) is 9.82. The maximum Gasteiger partial charge on any atom is 0.305 e. The van der Waals surface area contributed by atoms with E-state index in [2.05, 4.69) is 0 Å². The van der Waals surface area contributed by atoms with Crippen molar-refractivity contribution in [2.24, 2.45) is 11.1 Å². The topological polar surface area (TPSA) is 92.9 Å². The summed E-state index contributed by atoms with van der Waals surface area (Å²) < 4.78 is 5.36. The van der Waals surface area contributed by atoms with E-state index in [9.17, 15) is 14.7 Å². The third kappa shape index (κ3) is 2.92. The van der Waals surface area contributed by atoms with Crippen molar-refractivity contribution < 1.29 is 19.4 Å². The van der Waals surface area contributed by atoms with E-state index in [1.54, 1.807) is 11.9 Å². The number of carboxylic acids is 1. The van der Waals surface area contributed by atoms with Crippen molar-refractivity contribution >= 4 is 11.9 Å². The number of carbonyl (C=O) groups excluding carboxylic acids is 1. The number of carboxylic acid groups (broad SMARTS) is 1. The number of aliphatic carboxylic acids is 1. The van der Waals surface area contributed by atoms with Gasteiger partial charge in [0.25, 0.3) is 0 Å². The van der Waals surface area contributed by atoms with Crippen LogP contribution < -0.4 is 5.73 Å². The molecule has 6 heteroatoms. The van der Waals surface area contributed by atoms with Crippen molar-refractivity contribution in [3.8, 4) is 0 Å². The first-order valence-electron chi connectivity index (χ1n) is 7.65. The number of rotatable bonds is 4. The van der Waals surface area contributed by atoms with Gasteiger partial charge in [-0.2, -0.15) is 0 Å². The summed E-state index contributed by atoms with van der Waals surface area (Å²) in [6.45, 7) is 2.50. The van der Waals surface area contributed by atoms with Crippen LogP contribution in [0.15, 0.2) is 0 Å². The number of nitrogens with zero attached hydrogens (tertiary/aromatic N) is 1. The van der Waals surface area contributed by atoms with Crippen molar-refractivity contribution in [1.29, 1.82) is 0 Å². The van der Waals surface area contributed by atoms with Crippen molar-refractivity contribution in [1.82, 2.24) is 4.90 Å². The highest BCUT2D eigenvalue weighted by Gasteiger charge is 2.50. The van der Waals surface area contributed by atoms with Crippen LogP contribution in [0.2, 0.25) is 0 Å². The highest BCUT2D eigenvalue weighted by molar-refractivity contribution is 5.85. The minimum Gasteiger partial charge on any atom is -0.481 e. The number of ether oxygens (including phenoxy) is 1. The molecule has 2 unspecified atom stereocenters. The van der Waals surface area contributed by atoms with Crippen molar-refractivity contribution in [2.75, 3.05) is 20.3 Å². The molecule has 1 saturated heterocycles. The molecule has 21 heavy (non-hydrogen) atoms. The van der Waals surface area contributed by atoms with Gasteiger partial charge in [0, 0.05) is 13.1 Å². The summed E-state index contributed by atoms with van der Waals surface area (Å²) in [7, 11) is 1.73. The quantitative estimate of drug-likeness (QED) is 0.807. The van der Waals surface area contributed by atoms with Crippen LogP contribution in [0.4, 0.5) is 0 Å². The second-order valence-electron chi connectivity index (χ2n) is 6.76.